The molecule has 0 saturated heterocycles. The summed E-state index contributed by atoms with van der Waals surface area (Å²) >= 11 is 0. The van der Waals surface area contributed by atoms with E-state index in [2.05, 4.69) is 61.6 Å². The number of halogens is 1. The zero-order chi connectivity index (χ0) is 35.2. The molecule has 5 nitrogen and oxygen atoms in total. The number of pyridine rings is 1. The van der Waals surface area contributed by atoms with Crippen molar-refractivity contribution in [1.29, 1.82) is 0 Å². The van der Waals surface area contributed by atoms with E-state index in [9.17, 15) is 4.39 Å². The Labute approximate surface area is 305 Å². The number of hydrogen-bond donors (Lipinski definition) is 0. The second-order valence-electron chi connectivity index (χ2n) is 15.0. The predicted octanol–water partition coefficient (Wildman–Crippen LogP) is 12.7. The van der Waals surface area contributed by atoms with Crippen LogP contribution >= 0.6 is 0 Å². The topological polar surface area (TPSA) is 44.9 Å². The number of aryl methyl sites for hydroxylation is 2. The predicted molar refractivity (Wildman–Crippen MR) is 209 cm³/mol. The lowest BCUT2D eigenvalue weighted by Crippen LogP contribution is -2.14. The van der Waals surface area contributed by atoms with Crippen LogP contribution in [-0.2, 0) is 0 Å². The van der Waals surface area contributed by atoms with Crippen LogP contribution in [0.2, 0.25) is 0 Å². The Bertz CT molecular complexity index is 2370. The fourth-order valence-corrected chi connectivity index (χ4v) is 9.36. The highest BCUT2D eigenvalue weighted by molar-refractivity contribution is 6.09. The molecule has 2 saturated carbocycles. The van der Waals surface area contributed by atoms with E-state index in [4.69, 9.17) is 9.84 Å². The second kappa shape index (κ2) is 13.7. The fourth-order valence-electron chi connectivity index (χ4n) is 9.36. The summed E-state index contributed by atoms with van der Waals surface area (Å²) in [5.74, 6) is 2.84. The first-order chi connectivity index (χ1) is 25.5. The van der Waals surface area contributed by atoms with E-state index < -0.39 is 0 Å². The molecule has 52 heavy (non-hydrogen) atoms. The van der Waals surface area contributed by atoms with Crippen LogP contribution in [0.25, 0.3) is 44.4 Å². The minimum Gasteiger partial charge on any atom is -0.457 e. The standard InChI is InChI=1S/C46H45FN4O/c1-30-24-31(2)45(33-14-7-4-8-15-33)46(44(30)32-12-5-3-6-13-32)34-28-49-50(29-34)36-16-11-17-37(26-36)52-38-20-21-40-39-18-9-10-19-41(39)51(42(40)27-38)43-25-35(47)22-23-48-43/h9-11,16-29,32-33H,3-8,12-15H2,1-2H3. The summed E-state index contributed by atoms with van der Waals surface area (Å²) in [6, 6.07) is 27.7. The Balaban J connectivity index is 1.08. The van der Waals surface area contributed by atoms with Gasteiger partial charge in [-0.05, 0) is 116 Å². The highest BCUT2D eigenvalue weighted by Crippen LogP contribution is 2.47. The highest BCUT2D eigenvalue weighted by atomic mass is 19.1. The molecular weight excluding hydrogens is 644 g/mol. The molecule has 0 atom stereocenters. The maximum absolute atomic E-state index is 14.4. The third-order valence-electron chi connectivity index (χ3n) is 11.6. The van der Waals surface area contributed by atoms with Crippen molar-refractivity contribution >= 4 is 21.8 Å². The molecule has 0 amide bonds. The molecule has 0 spiro atoms. The third kappa shape index (κ3) is 5.98. The Morgan fingerprint density at radius 3 is 2.10 bits per heavy atom. The Morgan fingerprint density at radius 2 is 1.37 bits per heavy atom. The number of benzene rings is 4. The van der Waals surface area contributed by atoms with Crippen LogP contribution in [0.4, 0.5) is 4.39 Å². The first-order valence-corrected chi connectivity index (χ1v) is 19.1. The molecule has 3 heterocycles. The second-order valence-corrected chi connectivity index (χ2v) is 15.0. The van der Waals surface area contributed by atoms with Crippen LogP contribution in [0.5, 0.6) is 11.5 Å². The van der Waals surface area contributed by atoms with Crippen molar-refractivity contribution in [1.82, 2.24) is 19.3 Å². The van der Waals surface area contributed by atoms with Crippen LogP contribution in [0, 0.1) is 19.7 Å². The van der Waals surface area contributed by atoms with Gasteiger partial charge in [-0.15, -0.1) is 0 Å². The fraction of sp³-hybridized carbons (Fsp3) is 0.304. The van der Waals surface area contributed by atoms with Crippen molar-refractivity contribution in [2.75, 3.05) is 0 Å². The van der Waals surface area contributed by atoms with Crippen LogP contribution < -0.4 is 4.74 Å². The van der Waals surface area contributed by atoms with E-state index in [-0.39, 0.29) is 5.82 Å². The summed E-state index contributed by atoms with van der Waals surface area (Å²) in [6.45, 7) is 4.67. The lowest BCUT2D eigenvalue weighted by atomic mass is 9.72. The van der Waals surface area contributed by atoms with Gasteiger partial charge in [0.15, 0.2) is 0 Å². The number of fused-ring (bicyclic) bond motifs is 3. The molecule has 2 aliphatic rings. The van der Waals surface area contributed by atoms with Gasteiger partial charge in [0, 0.05) is 46.9 Å². The summed E-state index contributed by atoms with van der Waals surface area (Å²) in [6.07, 6.45) is 18.9. The number of ether oxygens (including phenoxy) is 1. The van der Waals surface area contributed by atoms with Gasteiger partial charge < -0.3 is 4.74 Å². The number of hydrogen-bond acceptors (Lipinski definition) is 3. The number of para-hydroxylation sites is 1. The zero-order valence-electron chi connectivity index (χ0n) is 30.1. The molecule has 0 radical (unpaired) electrons. The van der Waals surface area contributed by atoms with Gasteiger partial charge >= 0.3 is 0 Å². The molecule has 6 heteroatoms. The maximum Gasteiger partial charge on any atom is 0.140 e. The average molecular weight is 689 g/mol. The lowest BCUT2D eigenvalue weighted by Gasteiger charge is -2.32. The first-order valence-electron chi connectivity index (χ1n) is 19.1. The van der Waals surface area contributed by atoms with Gasteiger partial charge in [0.05, 0.1) is 22.9 Å². The summed E-state index contributed by atoms with van der Waals surface area (Å²) in [5.41, 5.74) is 11.5. The van der Waals surface area contributed by atoms with E-state index >= 15 is 0 Å². The third-order valence-corrected chi connectivity index (χ3v) is 11.6. The largest absolute Gasteiger partial charge is 0.457 e. The van der Waals surface area contributed by atoms with E-state index in [0.29, 0.717) is 23.4 Å². The van der Waals surface area contributed by atoms with Gasteiger partial charge in [-0.25, -0.2) is 14.1 Å². The smallest absolute Gasteiger partial charge is 0.140 e. The van der Waals surface area contributed by atoms with Crippen molar-refractivity contribution in [2.45, 2.75) is 89.9 Å². The summed E-state index contributed by atoms with van der Waals surface area (Å²) in [7, 11) is 0. The Hall–Kier alpha value is -5.23. The van der Waals surface area contributed by atoms with E-state index in [1.807, 2.05) is 51.7 Å². The summed E-state index contributed by atoms with van der Waals surface area (Å²) < 4.78 is 24.9. The van der Waals surface area contributed by atoms with Gasteiger partial charge in [-0.3, -0.25) is 4.57 Å². The molecule has 0 unspecified atom stereocenters. The van der Waals surface area contributed by atoms with E-state index in [0.717, 1.165) is 33.2 Å². The van der Waals surface area contributed by atoms with Gasteiger partial charge in [0.25, 0.3) is 0 Å². The maximum atomic E-state index is 14.4. The summed E-state index contributed by atoms with van der Waals surface area (Å²) in [4.78, 5) is 4.51. The zero-order valence-corrected chi connectivity index (χ0v) is 30.1. The Morgan fingerprint density at radius 1 is 0.673 bits per heavy atom. The monoisotopic (exact) mass is 688 g/mol. The minimum absolute atomic E-state index is 0.324. The van der Waals surface area contributed by atoms with Crippen molar-refractivity contribution in [3.8, 4) is 34.1 Å². The average Bonchev–Trinajstić information content (AvgIpc) is 3.79. The van der Waals surface area contributed by atoms with Gasteiger partial charge in [0.2, 0.25) is 0 Å². The van der Waals surface area contributed by atoms with Crippen molar-refractivity contribution < 1.29 is 9.13 Å². The Kier molecular flexibility index (Phi) is 8.62. The molecule has 2 fully saturated rings. The van der Waals surface area contributed by atoms with Crippen molar-refractivity contribution in [2.24, 2.45) is 0 Å². The molecule has 4 aromatic carbocycles. The normalized spacial score (nSPS) is 15.8. The number of aromatic nitrogens is 4. The molecule has 9 rings (SSSR count). The van der Waals surface area contributed by atoms with Gasteiger partial charge in [-0.1, -0.05) is 68.9 Å². The van der Waals surface area contributed by atoms with Crippen LogP contribution in [0.15, 0.2) is 104 Å². The van der Waals surface area contributed by atoms with E-state index in [1.54, 1.807) is 11.1 Å². The van der Waals surface area contributed by atoms with Crippen LogP contribution in [0.1, 0.15) is 98.3 Å². The first kappa shape index (κ1) is 32.7. The highest BCUT2D eigenvalue weighted by Gasteiger charge is 2.29. The molecule has 3 aromatic heterocycles. The molecule has 0 bridgehead atoms. The SMILES string of the molecule is Cc1cc(C)c(C2CCCCC2)c(-c2cnn(-c3cccc(Oc4ccc5c6ccccc6n(-c6cc(F)ccn6)c5c4)c3)c2)c1C1CCCCC1. The quantitative estimate of drug-likeness (QED) is 0.167. The van der Waals surface area contributed by atoms with Gasteiger partial charge in [-0.2, -0.15) is 5.10 Å². The van der Waals surface area contributed by atoms with Crippen molar-refractivity contribution in [3.63, 3.8) is 0 Å². The number of rotatable bonds is 7. The summed E-state index contributed by atoms with van der Waals surface area (Å²) in [5, 5.41) is 7.11. The number of nitrogens with zero attached hydrogens (tertiary/aromatic N) is 4. The lowest BCUT2D eigenvalue weighted by molar-refractivity contribution is 0.435. The molecule has 0 aliphatic heterocycles. The molecule has 0 N–H and O–H groups in total. The van der Waals surface area contributed by atoms with E-state index in [1.165, 1.54) is 105 Å². The van der Waals surface area contributed by atoms with Crippen molar-refractivity contribution in [3.05, 3.63) is 132 Å². The molecule has 262 valence electrons. The van der Waals surface area contributed by atoms with Crippen LogP contribution in [-0.4, -0.2) is 19.3 Å². The molecule has 2 aliphatic carbocycles. The van der Waals surface area contributed by atoms with Crippen LogP contribution in [0.3, 0.4) is 0 Å². The van der Waals surface area contributed by atoms with Gasteiger partial charge in [0.1, 0.15) is 23.1 Å². The minimum atomic E-state index is -0.324. The molecule has 7 aromatic rings. The molecular formula is C46H45FN4O.